The molecule has 324 valence electrons. The molecule has 2 heterocycles. The summed E-state index contributed by atoms with van der Waals surface area (Å²) in [6, 6.07) is 21.1. The van der Waals surface area contributed by atoms with Crippen LogP contribution in [0.1, 0.15) is 38.5 Å². The third kappa shape index (κ3) is 9.57. The molecule has 0 bridgehead atoms. The summed E-state index contributed by atoms with van der Waals surface area (Å²) in [6.07, 6.45) is 3.49. The Morgan fingerprint density at radius 3 is 2.32 bits per heavy atom. The van der Waals surface area contributed by atoms with Crippen molar-refractivity contribution in [2.45, 2.75) is 73.3 Å². The lowest BCUT2D eigenvalue weighted by molar-refractivity contribution is -0.141. The van der Waals surface area contributed by atoms with Crippen molar-refractivity contribution in [3.63, 3.8) is 0 Å². The number of sulfonamides is 1. The second kappa shape index (κ2) is 18.5. The van der Waals surface area contributed by atoms with Crippen LogP contribution in [0.15, 0.2) is 115 Å². The molecule has 3 fully saturated rings. The van der Waals surface area contributed by atoms with Crippen molar-refractivity contribution in [2.75, 3.05) is 20.2 Å². The summed E-state index contributed by atoms with van der Waals surface area (Å²) in [7, 11) is -2.78. The topological polar surface area (TPSA) is 211 Å². The first kappa shape index (κ1) is 43.3. The van der Waals surface area contributed by atoms with E-state index in [1.165, 1.54) is 35.2 Å². The number of benzene rings is 3. The fourth-order valence-corrected chi connectivity index (χ4v) is 8.99. The van der Waals surface area contributed by atoms with Gasteiger partial charge >= 0.3 is 6.09 Å². The maximum atomic E-state index is 14.7. The van der Waals surface area contributed by atoms with Crippen molar-refractivity contribution < 1.29 is 46.6 Å². The smallest absolute Gasteiger partial charge is 0.408 e. The fraction of sp³-hybridized carbons (Fsp3) is 0.333. The summed E-state index contributed by atoms with van der Waals surface area (Å²) in [6.45, 7) is 6.70. The zero-order valence-corrected chi connectivity index (χ0v) is 34.9. The maximum Gasteiger partial charge on any atom is 0.408 e. The quantitative estimate of drug-likeness (QED) is 0.0928. The first-order chi connectivity index (χ1) is 29.8. The lowest BCUT2D eigenvalue weighted by Gasteiger charge is -2.30. The first-order valence-corrected chi connectivity index (χ1v) is 21.8. The predicted octanol–water partition coefficient (Wildman–Crippen LogP) is 4.16. The van der Waals surface area contributed by atoms with Gasteiger partial charge in [-0.15, -0.1) is 6.58 Å². The Morgan fingerprint density at radius 1 is 0.952 bits per heavy atom. The standard InChI is InChI=1S/C45H48N6O10S/c1-4-29-25-45(29,43(55)50-62(57,58)33-18-10-7-11-19-33)49-41(53)38-23-32(27-51(38)42(54)37(26-46-40(52)5-2)48-44(56)61-30-16-12-13-17-30)60-39-24-35(28-14-8-6-9-15-28)47-36-22-31(59-3)20-21-34(36)39/h4-11,14-15,18-22,24,29-30,32,37-38H,1-2,12-13,16-17,23,25-27H2,3H3,(H,46,52)(H,48,56)(H,49,53)(H,50,55)/t29-,32-,37+,38+,45-/m1/s1. The molecule has 4 N–H and O–H groups in total. The summed E-state index contributed by atoms with van der Waals surface area (Å²) in [4.78, 5) is 74.5. The van der Waals surface area contributed by atoms with Crippen molar-refractivity contribution in [1.82, 2.24) is 30.6 Å². The van der Waals surface area contributed by atoms with Crippen LogP contribution in [-0.4, -0.2) is 98.1 Å². The van der Waals surface area contributed by atoms with Crippen molar-refractivity contribution in [3.8, 4) is 22.8 Å². The number of nitrogens with one attached hydrogen (secondary N) is 4. The van der Waals surface area contributed by atoms with E-state index in [2.05, 4.69) is 33.8 Å². The van der Waals surface area contributed by atoms with E-state index in [0.717, 1.165) is 24.5 Å². The Bertz CT molecular complexity index is 2480. The Morgan fingerprint density at radius 2 is 1.66 bits per heavy atom. The van der Waals surface area contributed by atoms with Crippen molar-refractivity contribution >= 4 is 50.6 Å². The predicted molar refractivity (Wildman–Crippen MR) is 228 cm³/mol. The van der Waals surface area contributed by atoms with E-state index < -0.39 is 69.4 Å². The molecule has 3 aromatic carbocycles. The third-order valence-electron chi connectivity index (χ3n) is 11.4. The molecule has 5 amide bonds. The van der Waals surface area contributed by atoms with Crippen molar-refractivity contribution in [3.05, 3.63) is 110 Å². The number of hydrogen-bond donors (Lipinski definition) is 4. The highest BCUT2D eigenvalue weighted by Crippen LogP contribution is 2.45. The van der Waals surface area contributed by atoms with E-state index in [-0.39, 0.29) is 36.9 Å². The molecule has 0 radical (unpaired) electrons. The number of hydrogen-bond acceptors (Lipinski definition) is 11. The van der Waals surface area contributed by atoms with Gasteiger partial charge in [0, 0.05) is 42.0 Å². The molecule has 1 aliphatic heterocycles. The average Bonchev–Trinajstić information content (AvgIpc) is 3.52. The normalized spacial score (nSPS) is 21.2. The molecular weight excluding hydrogens is 817 g/mol. The second-order valence-corrected chi connectivity index (χ2v) is 17.1. The number of amides is 5. The lowest BCUT2D eigenvalue weighted by atomic mass is 10.1. The van der Waals surface area contributed by atoms with Crippen LogP contribution in [-0.2, 0) is 33.9 Å². The van der Waals surface area contributed by atoms with E-state index in [1.807, 2.05) is 30.3 Å². The van der Waals surface area contributed by atoms with Crippen LogP contribution in [0.5, 0.6) is 11.5 Å². The molecule has 2 aliphatic carbocycles. The van der Waals surface area contributed by atoms with E-state index in [9.17, 15) is 32.4 Å². The summed E-state index contributed by atoms with van der Waals surface area (Å²) >= 11 is 0. The van der Waals surface area contributed by atoms with Gasteiger partial charge in [0.05, 0.1) is 29.8 Å². The van der Waals surface area contributed by atoms with Gasteiger partial charge in [-0.2, -0.15) is 0 Å². The number of pyridine rings is 1. The average molecular weight is 865 g/mol. The molecule has 16 nitrogen and oxygen atoms in total. The number of likely N-dealkylation sites (tertiary alicyclic amines) is 1. The molecule has 5 atom stereocenters. The first-order valence-electron chi connectivity index (χ1n) is 20.3. The zero-order chi connectivity index (χ0) is 44.0. The molecule has 1 saturated heterocycles. The molecule has 1 aromatic heterocycles. The second-order valence-electron chi connectivity index (χ2n) is 15.4. The van der Waals surface area contributed by atoms with Gasteiger partial charge in [-0.05, 0) is 62.4 Å². The minimum Gasteiger partial charge on any atom is -0.497 e. The molecule has 4 aromatic rings. The summed E-state index contributed by atoms with van der Waals surface area (Å²) in [5, 5.41) is 8.52. The van der Waals surface area contributed by atoms with Gasteiger partial charge < -0.3 is 35.1 Å². The molecular formula is C45H48N6O10S. The Hall–Kier alpha value is -6.75. The van der Waals surface area contributed by atoms with Crippen LogP contribution in [0.25, 0.3) is 22.2 Å². The van der Waals surface area contributed by atoms with Crippen molar-refractivity contribution in [1.29, 1.82) is 0 Å². The molecule has 0 unspecified atom stereocenters. The van der Waals surface area contributed by atoms with Crippen LogP contribution in [0, 0.1) is 5.92 Å². The number of carbonyl (C=O) groups is 5. The number of nitrogens with zero attached hydrogens (tertiary/aromatic N) is 2. The Kier molecular flexibility index (Phi) is 12.9. The third-order valence-corrected chi connectivity index (χ3v) is 12.7. The van der Waals surface area contributed by atoms with E-state index in [1.54, 1.807) is 37.4 Å². The number of fused-ring (bicyclic) bond motifs is 1. The van der Waals surface area contributed by atoms with Gasteiger partial charge in [0.15, 0.2) is 0 Å². The zero-order valence-electron chi connectivity index (χ0n) is 34.1. The summed E-state index contributed by atoms with van der Waals surface area (Å²) in [5.74, 6) is -2.78. The van der Waals surface area contributed by atoms with E-state index >= 15 is 0 Å². The number of methoxy groups -OCH3 is 1. The highest BCUT2D eigenvalue weighted by atomic mass is 32.2. The molecule has 2 saturated carbocycles. The fourth-order valence-electron chi connectivity index (χ4n) is 7.93. The Balaban J connectivity index is 1.21. The van der Waals surface area contributed by atoms with E-state index in [4.69, 9.17) is 19.2 Å². The van der Waals surface area contributed by atoms with Gasteiger partial charge in [-0.3, -0.25) is 19.2 Å². The molecule has 7 rings (SSSR count). The number of ether oxygens (including phenoxy) is 3. The largest absolute Gasteiger partial charge is 0.497 e. The maximum absolute atomic E-state index is 14.7. The van der Waals surface area contributed by atoms with E-state index in [0.29, 0.717) is 40.9 Å². The van der Waals surface area contributed by atoms with Gasteiger partial charge in [0.25, 0.3) is 15.9 Å². The summed E-state index contributed by atoms with van der Waals surface area (Å²) in [5.41, 5.74) is 0.250. The minimum absolute atomic E-state index is 0.0402. The number of rotatable bonds is 16. The molecule has 17 heteroatoms. The van der Waals surface area contributed by atoms with Crippen LogP contribution >= 0.6 is 0 Å². The highest BCUT2D eigenvalue weighted by molar-refractivity contribution is 7.90. The van der Waals surface area contributed by atoms with Gasteiger partial charge in [0.2, 0.25) is 17.7 Å². The number of aromatic nitrogens is 1. The highest BCUT2D eigenvalue weighted by Gasteiger charge is 2.61. The van der Waals surface area contributed by atoms with Crippen molar-refractivity contribution in [2.24, 2.45) is 5.92 Å². The monoisotopic (exact) mass is 864 g/mol. The molecule has 62 heavy (non-hydrogen) atoms. The minimum atomic E-state index is -4.33. The van der Waals surface area contributed by atoms with Crippen LogP contribution in [0.2, 0.25) is 0 Å². The van der Waals surface area contributed by atoms with Crippen LogP contribution in [0.4, 0.5) is 4.79 Å². The SMILES string of the molecule is C=CC(=O)NC[C@H](NC(=O)OC1CCCC1)C(=O)N1C[C@H](Oc2cc(-c3ccccc3)nc3cc(OC)ccc23)C[C@H]1C(=O)N[C@]1(C(=O)NS(=O)(=O)c2ccccc2)C[C@H]1C=C. The van der Waals surface area contributed by atoms with Crippen LogP contribution in [0.3, 0.4) is 0 Å². The van der Waals surface area contributed by atoms with Gasteiger partial charge in [0.1, 0.15) is 41.3 Å². The number of carbonyl (C=O) groups excluding carboxylic acids is 5. The Labute approximate surface area is 359 Å². The van der Waals surface area contributed by atoms with Crippen LogP contribution < -0.4 is 30.1 Å². The number of alkyl carbamates (subject to hydrolysis) is 1. The van der Waals surface area contributed by atoms with Gasteiger partial charge in [-0.1, -0.05) is 61.2 Å². The summed E-state index contributed by atoms with van der Waals surface area (Å²) < 4.78 is 46.3. The molecule has 3 aliphatic rings. The lowest BCUT2D eigenvalue weighted by Crippen LogP contribution is -2.59. The van der Waals surface area contributed by atoms with Gasteiger partial charge in [-0.25, -0.2) is 22.9 Å². The molecule has 0 spiro atoms.